The van der Waals surface area contributed by atoms with Crippen LogP contribution < -0.4 is 5.32 Å². The van der Waals surface area contributed by atoms with Crippen LogP contribution in [-0.4, -0.2) is 31.8 Å². The van der Waals surface area contributed by atoms with E-state index in [1.807, 2.05) is 0 Å². The van der Waals surface area contributed by atoms with E-state index in [9.17, 15) is 4.79 Å². The summed E-state index contributed by atoms with van der Waals surface area (Å²) in [5.41, 5.74) is 2.48. The van der Waals surface area contributed by atoms with Crippen molar-refractivity contribution in [1.82, 2.24) is 5.32 Å². The molecular formula is C20H29NO3. The van der Waals surface area contributed by atoms with Crippen LogP contribution in [0, 0.1) is 12.8 Å². The summed E-state index contributed by atoms with van der Waals surface area (Å²) in [4.78, 5) is 12.2. The molecule has 132 valence electrons. The monoisotopic (exact) mass is 331 g/mol. The van der Waals surface area contributed by atoms with Crippen LogP contribution in [0.3, 0.4) is 0 Å². The molecule has 2 aliphatic rings. The standard InChI is InChI=1S/C20H29NO3/c1-14-6-5-7-15(12-14)19-13-17(21-20(22)10-11-23-2)16-8-3-4-9-18(16)24-19/h5-7,12,16-19H,3-4,8-11,13H2,1-2H3,(H,21,22)/t16-,17+,18+,19+/m0/s1. The molecule has 4 nitrogen and oxygen atoms in total. The number of carbonyl (C=O) groups is 1. The summed E-state index contributed by atoms with van der Waals surface area (Å²) in [6.07, 6.45) is 6.38. The number of amides is 1. The van der Waals surface area contributed by atoms with Gasteiger partial charge in [-0.3, -0.25) is 4.79 Å². The average Bonchev–Trinajstić information content (AvgIpc) is 2.60. The van der Waals surface area contributed by atoms with Crippen molar-refractivity contribution < 1.29 is 14.3 Å². The van der Waals surface area contributed by atoms with Gasteiger partial charge in [0.15, 0.2) is 0 Å². The Labute approximate surface area is 144 Å². The van der Waals surface area contributed by atoms with Gasteiger partial charge in [0.2, 0.25) is 5.91 Å². The van der Waals surface area contributed by atoms with Crippen molar-refractivity contribution in [1.29, 1.82) is 0 Å². The number of ether oxygens (including phenoxy) is 2. The Kier molecular flexibility index (Phi) is 5.90. The van der Waals surface area contributed by atoms with Crippen LogP contribution in [0.25, 0.3) is 0 Å². The lowest BCUT2D eigenvalue weighted by atomic mass is 9.76. The molecule has 0 bridgehead atoms. The first-order valence-electron chi connectivity index (χ1n) is 9.17. The highest BCUT2D eigenvalue weighted by molar-refractivity contribution is 5.76. The Bertz CT molecular complexity index is 560. The summed E-state index contributed by atoms with van der Waals surface area (Å²) in [5, 5.41) is 3.27. The van der Waals surface area contributed by atoms with Crippen molar-refractivity contribution in [3.8, 4) is 0 Å². The number of aryl methyl sites for hydroxylation is 1. The van der Waals surface area contributed by atoms with Crippen LogP contribution in [0.4, 0.5) is 0 Å². The zero-order valence-electron chi connectivity index (χ0n) is 14.8. The van der Waals surface area contributed by atoms with Gasteiger partial charge in [0.05, 0.1) is 18.8 Å². The smallest absolute Gasteiger partial charge is 0.222 e. The largest absolute Gasteiger partial charge is 0.384 e. The van der Waals surface area contributed by atoms with Gasteiger partial charge in [-0.1, -0.05) is 42.7 Å². The van der Waals surface area contributed by atoms with E-state index in [1.54, 1.807) is 7.11 Å². The number of hydrogen-bond donors (Lipinski definition) is 1. The number of rotatable bonds is 5. The van der Waals surface area contributed by atoms with Crippen molar-refractivity contribution in [2.24, 2.45) is 5.92 Å². The van der Waals surface area contributed by atoms with E-state index in [0.29, 0.717) is 18.9 Å². The SMILES string of the molecule is COCCC(=O)N[C@@H]1C[C@H](c2cccc(C)c2)O[C@@H]2CCCC[C@@H]12. The molecule has 1 amide bonds. The van der Waals surface area contributed by atoms with Gasteiger partial charge in [0.25, 0.3) is 0 Å². The molecule has 4 atom stereocenters. The van der Waals surface area contributed by atoms with Gasteiger partial charge < -0.3 is 14.8 Å². The first-order valence-corrected chi connectivity index (χ1v) is 9.17. The maximum atomic E-state index is 12.2. The summed E-state index contributed by atoms with van der Waals surface area (Å²) in [5.74, 6) is 0.544. The molecule has 3 rings (SSSR count). The first kappa shape index (κ1) is 17.4. The molecule has 0 spiro atoms. The number of carbonyl (C=O) groups excluding carboxylic acids is 1. The fourth-order valence-corrected chi connectivity index (χ4v) is 4.15. The van der Waals surface area contributed by atoms with Gasteiger partial charge in [-0.05, 0) is 31.7 Å². The number of methoxy groups -OCH3 is 1. The lowest BCUT2D eigenvalue weighted by molar-refractivity contribution is -0.133. The Hall–Kier alpha value is -1.39. The van der Waals surface area contributed by atoms with Gasteiger partial charge in [-0.2, -0.15) is 0 Å². The lowest BCUT2D eigenvalue weighted by Gasteiger charge is -2.45. The van der Waals surface area contributed by atoms with Crippen molar-refractivity contribution >= 4 is 5.91 Å². The fourth-order valence-electron chi connectivity index (χ4n) is 4.15. The molecule has 0 unspecified atom stereocenters. The third-order valence-corrected chi connectivity index (χ3v) is 5.37. The lowest BCUT2D eigenvalue weighted by Crippen LogP contribution is -2.51. The van der Waals surface area contributed by atoms with Gasteiger partial charge in [-0.25, -0.2) is 0 Å². The fraction of sp³-hybridized carbons (Fsp3) is 0.650. The van der Waals surface area contributed by atoms with Crippen LogP contribution >= 0.6 is 0 Å². The van der Waals surface area contributed by atoms with E-state index in [0.717, 1.165) is 19.3 Å². The van der Waals surface area contributed by atoms with Crippen LogP contribution in [0.1, 0.15) is 55.8 Å². The van der Waals surface area contributed by atoms with Crippen LogP contribution in [0.2, 0.25) is 0 Å². The van der Waals surface area contributed by atoms with Crippen LogP contribution in [0.15, 0.2) is 24.3 Å². The molecule has 4 heteroatoms. The Morgan fingerprint density at radius 3 is 2.96 bits per heavy atom. The van der Waals surface area contributed by atoms with Crippen molar-refractivity contribution in [2.45, 2.75) is 63.7 Å². The van der Waals surface area contributed by atoms with E-state index in [-0.39, 0.29) is 24.2 Å². The maximum absolute atomic E-state index is 12.2. The number of hydrogen-bond acceptors (Lipinski definition) is 3. The molecule has 2 fully saturated rings. The Morgan fingerprint density at radius 2 is 2.17 bits per heavy atom. The van der Waals surface area contributed by atoms with Gasteiger partial charge in [0, 0.05) is 25.5 Å². The molecule has 1 aliphatic heterocycles. The van der Waals surface area contributed by atoms with E-state index in [1.165, 1.54) is 24.0 Å². The predicted molar refractivity (Wildman–Crippen MR) is 93.8 cm³/mol. The second kappa shape index (κ2) is 8.13. The minimum atomic E-state index is 0.0805. The summed E-state index contributed by atoms with van der Waals surface area (Å²) < 4.78 is 11.5. The molecule has 1 heterocycles. The first-order chi connectivity index (χ1) is 11.7. The van der Waals surface area contributed by atoms with Gasteiger partial charge in [-0.15, -0.1) is 0 Å². The van der Waals surface area contributed by atoms with Crippen molar-refractivity contribution in [2.75, 3.05) is 13.7 Å². The van der Waals surface area contributed by atoms with E-state index in [2.05, 4.69) is 36.5 Å². The quantitative estimate of drug-likeness (QED) is 0.898. The molecule has 1 N–H and O–H groups in total. The van der Waals surface area contributed by atoms with Crippen molar-refractivity contribution in [3.05, 3.63) is 35.4 Å². The zero-order chi connectivity index (χ0) is 16.9. The van der Waals surface area contributed by atoms with E-state index < -0.39 is 0 Å². The second-order valence-electron chi connectivity index (χ2n) is 7.18. The minimum Gasteiger partial charge on any atom is -0.384 e. The average molecular weight is 331 g/mol. The highest BCUT2D eigenvalue weighted by atomic mass is 16.5. The van der Waals surface area contributed by atoms with Gasteiger partial charge in [0.1, 0.15) is 0 Å². The molecular weight excluding hydrogens is 302 g/mol. The van der Waals surface area contributed by atoms with E-state index in [4.69, 9.17) is 9.47 Å². The number of benzene rings is 1. The van der Waals surface area contributed by atoms with E-state index >= 15 is 0 Å². The third-order valence-electron chi connectivity index (χ3n) is 5.37. The zero-order valence-corrected chi connectivity index (χ0v) is 14.8. The maximum Gasteiger partial charge on any atom is 0.222 e. The second-order valence-corrected chi connectivity index (χ2v) is 7.18. The molecule has 1 aliphatic carbocycles. The van der Waals surface area contributed by atoms with Crippen LogP contribution in [-0.2, 0) is 14.3 Å². The number of nitrogens with one attached hydrogen (secondary N) is 1. The molecule has 1 aromatic carbocycles. The van der Waals surface area contributed by atoms with Crippen molar-refractivity contribution in [3.63, 3.8) is 0 Å². The van der Waals surface area contributed by atoms with Gasteiger partial charge >= 0.3 is 0 Å². The highest BCUT2D eigenvalue weighted by Crippen LogP contribution is 2.41. The summed E-state index contributed by atoms with van der Waals surface area (Å²) in [7, 11) is 1.63. The number of fused-ring (bicyclic) bond motifs is 1. The Morgan fingerprint density at radius 1 is 1.33 bits per heavy atom. The summed E-state index contributed by atoms with van der Waals surface area (Å²) in [6, 6.07) is 8.76. The highest BCUT2D eigenvalue weighted by Gasteiger charge is 2.40. The third kappa shape index (κ3) is 4.17. The topological polar surface area (TPSA) is 47.6 Å². The molecule has 1 saturated carbocycles. The molecule has 1 aromatic rings. The molecule has 0 radical (unpaired) electrons. The molecule has 0 aromatic heterocycles. The summed E-state index contributed by atoms with van der Waals surface area (Å²) >= 11 is 0. The predicted octanol–water partition coefficient (Wildman–Crippen LogP) is 3.54. The minimum absolute atomic E-state index is 0.0805. The normalized spacial score (nSPS) is 29.8. The van der Waals surface area contributed by atoms with Crippen LogP contribution in [0.5, 0.6) is 0 Å². The Balaban J connectivity index is 1.73. The summed E-state index contributed by atoms with van der Waals surface area (Å²) in [6.45, 7) is 2.59. The molecule has 1 saturated heterocycles. The molecule has 24 heavy (non-hydrogen) atoms.